The van der Waals surface area contributed by atoms with E-state index in [1.807, 2.05) is 43.4 Å². The van der Waals surface area contributed by atoms with Crippen molar-refractivity contribution in [1.29, 1.82) is 0 Å². The van der Waals surface area contributed by atoms with Gasteiger partial charge >= 0.3 is 0 Å². The van der Waals surface area contributed by atoms with Gasteiger partial charge in [0.1, 0.15) is 12.4 Å². The van der Waals surface area contributed by atoms with Gasteiger partial charge in [0.15, 0.2) is 11.4 Å². The molecule has 0 spiro atoms. The van der Waals surface area contributed by atoms with E-state index in [4.69, 9.17) is 9.72 Å². The number of hydrogen-bond donors (Lipinski definition) is 1. The Labute approximate surface area is 163 Å². The molecule has 0 bridgehead atoms. The number of anilines is 3. The fourth-order valence-electron chi connectivity index (χ4n) is 2.78. The lowest BCUT2D eigenvalue weighted by Crippen LogP contribution is -2.25. The topological polar surface area (TPSA) is 54.5 Å². The van der Waals surface area contributed by atoms with Crippen molar-refractivity contribution in [3.8, 4) is 17.0 Å². The molecule has 0 saturated carbocycles. The Balaban J connectivity index is 1.85. The lowest BCUT2D eigenvalue weighted by molar-refractivity contribution is -0.109. The lowest BCUT2D eigenvalue weighted by Gasteiger charge is -2.26. The highest BCUT2D eigenvalue weighted by Gasteiger charge is 2.17. The largest absolute Gasteiger partial charge is 0.486 e. The van der Waals surface area contributed by atoms with Gasteiger partial charge in [-0.3, -0.25) is 4.79 Å². The van der Waals surface area contributed by atoms with Gasteiger partial charge in [-0.2, -0.15) is 0 Å². The van der Waals surface area contributed by atoms with Crippen molar-refractivity contribution in [2.24, 2.45) is 0 Å². The fourth-order valence-corrected chi connectivity index (χ4v) is 3.76. The number of carbonyl (C=O) groups is 1. The number of carbonyl (C=O) groups excluding carboxylic acids is 1. The van der Waals surface area contributed by atoms with E-state index in [1.54, 1.807) is 11.3 Å². The Morgan fingerprint density at radius 1 is 1.15 bits per heavy atom. The molecule has 1 N–H and O–H groups in total. The number of aromatic nitrogens is 1. The third-order valence-electron chi connectivity index (χ3n) is 4.12. The van der Waals surface area contributed by atoms with Gasteiger partial charge in [-0.1, -0.05) is 12.1 Å². The monoisotopic (exact) mass is 381 g/mol. The summed E-state index contributed by atoms with van der Waals surface area (Å²) in [6.07, 6.45) is 0.745. The summed E-state index contributed by atoms with van der Waals surface area (Å²) in [6.45, 7) is 4.34. The summed E-state index contributed by atoms with van der Waals surface area (Å²) < 4.78 is 5.33. The second kappa shape index (κ2) is 8.68. The molecule has 1 aromatic heterocycles. The van der Waals surface area contributed by atoms with E-state index in [-0.39, 0.29) is 12.6 Å². The smallest absolute Gasteiger partial charge is 0.190 e. The van der Waals surface area contributed by atoms with Crippen molar-refractivity contribution >= 4 is 34.1 Å². The molecule has 0 fully saturated rings. The third-order valence-corrected chi connectivity index (χ3v) is 4.96. The number of thiazole rings is 1. The Hall–Kier alpha value is -2.86. The summed E-state index contributed by atoms with van der Waals surface area (Å²) in [6, 6.07) is 16.2. The average Bonchev–Trinajstić information content (AvgIpc) is 3.17. The molecule has 0 aliphatic heterocycles. The predicted octanol–water partition coefficient (Wildman–Crippen LogP) is 4.98. The maximum Gasteiger partial charge on any atom is 0.190 e. The van der Waals surface area contributed by atoms with Crippen LogP contribution in [0.2, 0.25) is 0 Å². The van der Waals surface area contributed by atoms with Crippen LogP contribution in [0, 0.1) is 0 Å². The van der Waals surface area contributed by atoms with E-state index >= 15 is 0 Å². The number of hydrogen-bond acceptors (Lipinski definition) is 6. The molecular formula is C21H23N3O2S. The van der Waals surface area contributed by atoms with Crippen LogP contribution in [0.5, 0.6) is 5.75 Å². The van der Waals surface area contributed by atoms with Gasteiger partial charge in [0.2, 0.25) is 0 Å². The van der Waals surface area contributed by atoms with Gasteiger partial charge in [-0.25, -0.2) is 4.98 Å². The van der Waals surface area contributed by atoms with E-state index in [1.165, 1.54) is 0 Å². The molecule has 0 saturated heterocycles. The van der Waals surface area contributed by atoms with Crippen LogP contribution in [0.1, 0.15) is 13.8 Å². The van der Waals surface area contributed by atoms with Gasteiger partial charge < -0.3 is 15.0 Å². The van der Waals surface area contributed by atoms with E-state index in [9.17, 15) is 4.79 Å². The molecule has 0 radical (unpaired) electrons. The molecule has 0 unspecified atom stereocenters. The van der Waals surface area contributed by atoms with Crippen molar-refractivity contribution in [1.82, 2.24) is 4.98 Å². The predicted molar refractivity (Wildman–Crippen MR) is 112 cm³/mol. The minimum atomic E-state index is 0.0649. The first-order valence-electron chi connectivity index (χ1n) is 8.82. The van der Waals surface area contributed by atoms with Crippen LogP contribution in [0.3, 0.4) is 0 Å². The highest BCUT2D eigenvalue weighted by atomic mass is 32.1. The number of rotatable bonds is 8. The van der Waals surface area contributed by atoms with Crippen LogP contribution in [0.4, 0.5) is 16.5 Å². The molecule has 6 heteroatoms. The molecule has 0 aliphatic carbocycles. The van der Waals surface area contributed by atoms with Crippen LogP contribution in [0.15, 0.2) is 53.9 Å². The third kappa shape index (κ3) is 4.46. The quantitative estimate of drug-likeness (QED) is 0.558. The number of aldehydes is 1. The zero-order chi connectivity index (χ0) is 19.2. The Bertz CT molecular complexity index is 873. The molecule has 140 valence electrons. The van der Waals surface area contributed by atoms with Crippen molar-refractivity contribution in [3.05, 3.63) is 53.9 Å². The Kier molecular flexibility index (Phi) is 6.08. The molecule has 2 aromatic carbocycles. The van der Waals surface area contributed by atoms with Crippen LogP contribution < -0.4 is 15.0 Å². The zero-order valence-corrected chi connectivity index (χ0v) is 16.5. The summed E-state index contributed by atoms with van der Waals surface area (Å²) in [4.78, 5) is 17.5. The number of nitrogens with one attached hydrogen (secondary N) is 1. The van der Waals surface area contributed by atoms with Crippen LogP contribution in [0.25, 0.3) is 11.3 Å². The second-order valence-electron chi connectivity index (χ2n) is 6.28. The summed E-state index contributed by atoms with van der Waals surface area (Å²) in [7, 11) is 1.91. The standard InChI is InChI=1S/C21H23N3O2S/c1-15(2)24(18-8-10-19(11-9-18)26-13-12-25)21-23-20(14-27-21)16-4-6-17(22-3)7-5-16/h4-12,14-15,22H,13H2,1-3H3. The van der Waals surface area contributed by atoms with Gasteiger partial charge in [0.25, 0.3) is 0 Å². The molecule has 0 amide bonds. The highest BCUT2D eigenvalue weighted by molar-refractivity contribution is 7.14. The SMILES string of the molecule is CNc1ccc(-c2csc(N(c3ccc(OCC=O)cc3)C(C)C)n2)cc1. The van der Waals surface area contributed by atoms with Gasteiger partial charge in [0.05, 0.1) is 5.69 Å². The first-order chi connectivity index (χ1) is 13.1. The minimum Gasteiger partial charge on any atom is -0.486 e. The molecular weight excluding hydrogens is 358 g/mol. The maximum absolute atomic E-state index is 10.4. The van der Waals surface area contributed by atoms with Crippen molar-refractivity contribution in [2.45, 2.75) is 19.9 Å². The van der Waals surface area contributed by atoms with Crippen molar-refractivity contribution in [3.63, 3.8) is 0 Å². The van der Waals surface area contributed by atoms with Gasteiger partial charge in [-0.15, -0.1) is 11.3 Å². The Morgan fingerprint density at radius 3 is 2.44 bits per heavy atom. The molecule has 0 atom stereocenters. The summed E-state index contributed by atoms with van der Waals surface area (Å²) in [5.74, 6) is 0.680. The molecule has 5 nitrogen and oxygen atoms in total. The fraction of sp³-hybridized carbons (Fsp3) is 0.238. The number of nitrogens with zero attached hydrogens (tertiary/aromatic N) is 2. The molecule has 27 heavy (non-hydrogen) atoms. The van der Waals surface area contributed by atoms with Gasteiger partial charge in [-0.05, 0) is 50.2 Å². The summed E-state index contributed by atoms with van der Waals surface area (Å²) in [5, 5.41) is 6.15. The first kappa shape index (κ1) is 18.9. The second-order valence-corrected chi connectivity index (χ2v) is 7.11. The van der Waals surface area contributed by atoms with E-state index in [2.05, 4.69) is 41.6 Å². The molecule has 3 aromatic rings. The first-order valence-corrected chi connectivity index (χ1v) is 9.69. The molecule has 0 aliphatic rings. The summed E-state index contributed by atoms with van der Waals surface area (Å²) in [5.41, 5.74) is 4.18. The van der Waals surface area contributed by atoms with E-state index < -0.39 is 0 Å². The average molecular weight is 382 g/mol. The van der Waals surface area contributed by atoms with E-state index in [0.717, 1.165) is 34.0 Å². The van der Waals surface area contributed by atoms with Gasteiger partial charge in [0, 0.05) is 35.4 Å². The van der Waals surface area contributed by atoms with Crippen molar-refractivity contribution in [2.75, 3.05) is 23.9 Å². The summed E-state index contributed by atoms with van der Waals surface area (Å²) >= 11 is 1.63. The molecule has 1 heterocycles. The lowest BCUT2D eigenvalue weighted by atomic mass is 10.1. The minimum absolute atomic E-state index is 0.0649. The van der Waals surface area contributed by atoms with Crippen molar-refractivity contribution < 1.29 is 9.53 Å². The highest BCUT2D eigenvalue weighted by Crippen LogP contribution is 2.34. The normalized spacial score (nSPS) is 10.7. The van der Waals surface area contributed by atoms with E-state index in [0.29, 0.717) is 5.75 Å². The van der Waals surface area contributed by atoms with Crippen LogP contribution in [-0.2, 0) is 4.79 Å². The molecule has 3 rings (SSSR count). The number of ether oxygens (including phenoxy) is 1. The maximum atomic E-state index is 10.4. The zero-order valence-electron chi connectivity index (χ0n) is 15.7. The van der Waals surface area contributed by atoms with Crippen LogP contribution in [-0.4, -0.2) is 31.0 Å². The van der Waals surface area contributed by atoms with Crippen LogP contribution >= 0.6 is 11.3 Å². The Morgan fingerprint density at radius 2 is 1.85 bits per heavy atom. The number of benzene rings is 2.